The van der Waals surface area contributed by atoms with Gasteiger partial charge in [0.25, 0.3) is 11.8 Å². The van der Waals surface area contributed by atoms with E-state index in [1.807, 2.05) is 34.6 Å². The van der Waals surface area contributed by atoms with Crippen LogP contribution in [0.25, 0.3) is 0 Å². The van der Waals surface area contributed by atoms with Gasteiger partial charge >= 0.3 is 5.97 Å². The highest BCUT2D eigenvalue weighted by Gasteiger charge is 2.24. The lowest BCUT2D eigenvalue weighted by Crippen LogP contribution is -3.11. The molecular weight excluding hydrogens is 298 g/mol. The molecule has 0 aliphatic heterocycles. The van der Waals surface area contributed by atoms with Gasteiger partial charge in [-0.2, -0.15) is 0 Å². The number of nitrogens with one attached hydrogen (secondary N) is 3. The van der Waals surface area contributed by atoms with Gasteiger partial charge in [0.1, 0.15) is 6.04 Å². The zero-order chi connectivity index (χ0) is 18.2. The number of carbonyl (C=O) groups excluding carboxylic acids is 3. The molecular formula is C16H32N3O4+. The maximum absolute atomic E-state index is 12.1. The minimum atomic E-state index is -0.649. The van der Waals surface area contributed by atoms with Crippen LogP contribution in [0.3, 0.4) is 0 Å². The Morgan fingerprint density at radius 2 is 1.61 bits per heavy atom. The van der Waals surface area contributed by atoms with Crippen molar-refractivity contribution >= 4 is 17.8 Å². The summed E-state index contributed by atoms with van der Waals surface area (Å²) in [5.41, 5.74) is -0.299. The van der Waals surface area contributed by atoms with Crippen molar-refractivity contribution in [2.75, 3.05) is 27.2 Å². The number of quaternary nitrogens is 1. The van der Waals surface area contributed by atoms with Crippen molar-refractivity contribution in [1.82, 2.24) is 10.6 Å². The highest BCUT2D eigenvalue weighted by molar-refractivity contribution is 5.85. The van der Waals surface area contributed by atoms with Crippen LogP contribution in [-0.2, 0) is 19.1 Å². The van der Waals surface area contributed by atoms with Gasteiger partial charge in [-0.3, -0.25) is 9.59 Å². The van der Waals surface area contributed by atoms with E-state index in [2.05, 4.69) is 10.6 Å². The normalized spacial score (nSPS) is 14.1. The summed E-state index contributed by atoms with van der Waals surface area (Å²) >= 11 is 0. The van der Waals surface area contributed by atoms with Crippen LogP contribution in [0.5, 0.6) is 0 Å². The van der Waals surface area contributed by atoms with Gasteiger partial charge in [-0.1, -0.05) is 13.8 Å². The van der Waals surface area contributed by atoms with Gasteiger partial charge < -0.3 is 20.3 Å². The molecule has 0 saturated heterocycles. The lowest BCUT2D eigenvalue weighted by molar-refractivity contribution is -0.862. The third kappa shape index (κ3) is 10.7. The summed E-state index contributed by atoms with van der Waals surface area (Å²) in [6.07, 6.45) is 0.516. The van der Waals surface area contributed by atoms with E-state index in [1.165, 1.54) is 7.11 Å². The highest BCUT2D eigenvalue weighted by Crippen LogP contribution is 2.05. The fourth-order valence-electron chi connectivity index (χ4n) is 2.15. The van der Waals surface area contributed by atoms with Crippen LogP contribution < -0.4 is 15.5 Å². The summed E-state index contributed by atoms with van der Waals surface area (Å²) in [5.74, 6) is -0.589. The smallest absolute Gasteiger partial charge is 0.328 e. The molecule has 0 aromatic heterocycles. The minimum absolute atomic E-state index is 0.114. The molecule has 0 fully saturated rings. The van der Waals surface area contributed by atoms with Gasteiger partial charge in [0.15, 0.2) is 13.1 Å². The third-order valence-corrected chi connectivity index (χ3v) is 2.97. The Morgan fingerprint density at radius 3 is 2.04 bits per heavy atom. The summed E-state index contributed by atoms with van der Waals surface area (Å²) < 4.78 is 4.71. The average molecular weight is 330 g/mol. The first kappa shape index (κ1) is 21.4. The Bertz CT molecular complexity index is 416. The first-order valence-corrected chi connectivity index (χ1v) is 7.94. The third-order valence-electron chi connectivity index (χ3n) is 2.97. The summed E-state index contributed by atoms with van der Waals surface area (Å²) in [4.78, 5) is 36.3. The number of hydrogen-bond donors (Lipinski definition) is 3. The summed E-state index contributed by atoms with van der Waals surface area (Å²) in [6.45, 7) is 9.95. The molecule has 0 radical (unpaired) electrons. The largest absolute Gasteiger partial charge is 0.467 e. The summed E-state index contributed by atoms with van der Waals surface area (Å²) in [7, 11) is 3.06. The van der Waals surface area contributed by atoms with Crippen molar-refractivity contribution in [2.45, 2.75) is 52.6 Å². The van der Waals surface area contributed by atoms with Crippen LogP contribution in [-0.4, -0.2) is 56.6 Å². The number of ether oxygens (including phenoxy) is 1. The van der Waals surface area contributed by atoms with Crippen molar-refractivity contribution in [3.8, 4) is 0 Å². The van der Waals surface area contributed by atoms with Crippen LogP contribution in [0.1, 0.15) is 41.0 Å². The molecule has 134 valence electrons. The Morgan fingerprint density at radius 1 is 1.09 bits per heavy atom. The SMILES string of the molecule is COC(=O)[C@@H](CC(C)C)NC(=O)C[NH+](C)CC(=O)NC(C)(C)C. The molecule has 0 aromatic rings. The van der Waals surface area contributed by atoms with Crippen molar-refractivity contribution in [3.63, 3.8) is 0 Å². The predicted molar refractivity (Wildman–Crippen MR) is 87.9 cm³/mol. The maximum Gasteiger partial charge on any atom is 0.328 e. The number of carbonyl (C=O) groups is 3. The van der Waals surface area contributed by atoms with Crippen molar-refractivity contribution in [3.05, 3.63) is 0 Å². The first-order valence-electron chi connectivity index (χ1n) is 7.94. The molecule has 3 N–H and O–H groups in total. The van der Waals surface area contributed by atoms with Crippen LogP contribution >= 0.6 is 0 Å². The van der Waals surface area contributed by atoms with E-state index in [-0.39, 0.29) is 36.4 Å². The fourth-order valence-corrected chi connectivity index (χ4v) is 2.15. The zero-order valence-electron chi connectivity index (χ0n) is 15.4. The van der Waals surface area contributed by atoms with Gasteiger partial charge in [0, 0.05) is 5.54 Å². The molecule has 0 heterocycles. The second kappa shape index (κ2) is 9.50. The number of likely N-dealkylation sites (N-methyl/N-ethyl adjacent to an activating group) is 1. The van der Waals surface area contributed by atoms with E-state index < -0.39 is 12.0 Å². The topological polar surface area (TPSA) is 88.9 Å². The van der Waals surface area contributed by atoms with Gasteiger partial charge in [0.2, 0.25) is 0 Å². The van der Waals surface area contributed by atoms with Crippen molar-refractivity contribution in [1.29, 1.82) is 0 Å². The van der Waals surface area contributed by atoms with Crippen LogP contribution in [0.4, 0.5) is 0 Å². The van der Waals surface area contributed by atoms with E-state index in [9.17, 15) is 14.4 Å². The number of esters is 1. The summed E-state index contributed by atoms with van der Waals surface area (Å²) in [6, 6.07) is -0.649. The molecule has 0 aromatic carbocycles. The number of methoxy groups -OCH3 is 1. The number of rotatable bonds is 8. The average Bonchev–Trinajstić information content (AvgIpc) is 2.33. The van der Waals surface area contributed by atoms with Crippen LogP contribution in [0.15, 0.2) is 0 Å². The Kier molecular flexibility index (Phi) is 8.82. The van der Waals surface area contributed by atoms with E-state index in [1.54, 1.807) is 7.05 Å². The Balaban J connectivity index is 4.44. The molecule has 7 heteroatoms. The zero-order valence-corrected chi connectivity index (χ0v) is 15.4. The predicted octanol–water partition coefficient (Wildman–Crippen LogP) is -0.880. The highest BCUT2D eigenvalue weighted by atomic mass is 16.5. The molecule has 0 aliphatic rings. The lowest BCUT2D eigenvalue weighted by Gasteiger charge is -2.22. The van der Waals surface area contributed by atoms with Gasteiger partial charge in [0.05, 0.1) is 14.2 Å². The van der Waals surface area contributed by atoms with E-state index >= 15 is 0 Å². The van der Waals surface area contributed by atoms with E-state index in [0.29, 0.717) is 6.42 Å². The summed E-state index contributed by atoms with van der Waals surface area (Å²) in [5, 5.41) is 5.54. The number of hydrogen-bond acceptors (Lipinski definition) is 4. The van der Waals surface area contributed by atoms with Crippen molar-refractivity contribution in [2.24, 2.45) is 5.92 Å². The minimum Gasteiger partial charge on any atom is -0.467 e. The molecule has 0 spiro atoms. The molecule has 1 unspecified atom stereocenters. The fraction of sp³-hybridized carbons (Fsp3) is 0.812. The van der Waals surface area contributed by atoms with E-state index in [4.69, 9.17) is 4.74 Å². The van der Waals surface area contributed by atoms with Gasteiger partial charge in [-0.25, -0.2) is 4.79 Å². The molecule has 0 rings (SSSR count). The molecule has 7 nitrogen and oxygen atoms in total. The second-order valence-electron chi connectivity index (χ2n) is 7.38. The second-order valence-corrected chi connectivity index (χ2v) is 7.38. The lowest BCUT2D eigenvalue weighted by atomic mass is 10.0. The monoisotopic (exact) mass is 330 g/mol. The molecule has 0 aliphatic carbocycles. The van der Waals surface area contributed by atoms with Gasteiger partial charge in [-0.05, 0) is 33.1 Å². The Labute approximate surface area is 139 Å². The molecule has 0 saturated carbocycles. The standard InChI is InChI=1S/C16H31N3O4/c1-11(2)8-12(15(22)23-7)17-13(20)9-19(6)10-14(21)18-16(3,4)5/h11-12H,8-10H2,1-7H3,(H,17,20)(H,18,21)/p+1/t12-/m1/s1. The molecule has 0 bridgehead atoms. The maximum atomic E-state index is 12.1. The molecule has 2 amide bonds. The molecule has 2 atom stereocenters. The quantitative estimate of drug-likeness (QED) is 0.504. The van der Waals surface area contributed by atoms with Crippen LogP contribution in [0, 0.1) is 5.92 Å². The molecule has 23 heavy (non-hydrogen) atoms. The first-order chi connectivity index (χ1) is 10.4. The van der Waals surface area contributed by atoms with Crippen LogP contribution in [0.2, 0.25) is 0 Å². The van der Waals surface area contributed by atoms with Crippen molar-refractivity contribution < 1.29 is 24.0 Å². The Hall–Kier alpha value is -1.63. The number of amides is 2. The van der Waals surface area contributed by atoms with Gasteiger partial charge in [-0.15, -0.1) is 0 Å². The van der Waals surface area contributed by atoms with E-state index in [0.717, 1.165) is 4.90 Å².